The maximum atomic E-state index is 14.1. The normalized spacial score (nSPS) is 21.2. The molecule has 2 N–H and O–H groups in total. The first-order chi connectivity index (χ1) is 18.4. The molecular formula is C22H22F7N5O4S2. The number of alkyl halides is 7. The third-order valence-corrected chi connectivity index (χ3v) is 9.24. The zero-order valence-corrected chi connectivity index (χ0v) is 22.4. The second-order valence-corrected chi connectivity index (χ2v) is 12.8. The van der Waals surface area contributed by atoms with Gasteiger partial charge in [-0.1, -0.05) is 0 Å². The molecule has 2 amide bonds. The van der Waals surface area contributed by atoms with Gasteiger partial charge in [0.05, 0.1) is 29.0 Å². The minimum Gasteiger partial charge on any atom is -0.359 e. The SMILES string of the molecule is CC(Nc1cc(C(F)F)c(-c2sc(C(=O)NC3CS(=O)(=O)C3)nc2C(=O)N2CC(F)(F)C[C@@H]2C)cn1)C(F)(F)F. The number of aromatic nitrogens is 2. The van der Waals surface area contributed by atoms with Crippen LogP contribution in [0.4, 0.5) is 36.6 Å². The molecule has 4 rings (SSSR count). The summed E-state index contributed by atoms with van der Waals surface area (Å²) in [4.78, 5) is 34.3. The quantitative estimate of drug-likeness (QED) is 0.452. The summed E-state index contributed by atoms with van der Waals surface area (Å²) in [6.45, 7) is 1.12. The second-order valence-electron chi connectivity index (χ2n) is 9.65. The van der Waals surface area contributed by atoms with Gasteiger partial charge in [0.1, 0.15) is 17.6 Å². The van der Waals surface area contributed by atoms with E-state index in [1.807, 2.05) is 5.32 Å². The third kappa shape index (κ3) is 6.31. The van der Waals surface area contributed by atoms with Gasteiger partial charge in [-0.2, -0.15) is 13.2 Å². The lowest BCUT2D eigenvalue weighted by Crippen LogP contribution is -2.52. The van der Waals surface area contributed by atoms with Crippen LogP contribution in [0.5, 0.6) is 0 Å². The highest BCUT2D eigenvalue weighted by Crippen LogP contribution is 2.40. The Labute approximate surface area is 227 Å². The molecule has 2 aromatic rings. The number of thiazole rings is 1. The number of halogens is 7. The Kier molecular flexibility index (Phi) is 7.81. The predicted octanol–water partition coefficient (Wildman–Crippen LogP) is 3.90. The Morgan fingerprint density at radius 1 is 1.23 bits per heavy atom. The summed E-state index contributed by atoms with van der Waals surface area (Å²) in [7, 11) is -3.31. The first-order valence-corrected chi connectivity index (χ1v) is 14.3. The molecule has 2 aliphatic heterocycles. The van der Waals surface area contributed by atoms with E-state index in [1.165, 1.54) is 6.92 Å². The van der Waals surface area contributed by atoms with Crippen LogP contribution in [0.2, 0.25) is 0 Å². The van der Waals surface area contributed by atoms with Crippen molar-refractivity contribution in [3.8, 4) is 10.4 Å². The number of sulfone groups is 1. The first-order valence-electron chi connectivity index (χ1n) is 11.7. The van der Waals surface area contributed by atoms with Crippen LogP contribution in [0.15, 0.2) is 12.3 Å². The Morgan fingerprint density at radius 2 is 1.88 bits per heavy atom. The van der Waals surface area contributed by atoms with Gasteiger partial charge >= 0.3 is 6.18 Å². The van der Waals surface area contributed by atoms with Crippen LogP contribution in [0.3, 0.4) is 0 Å². The van der Waals surface area contributed by atoms with Crippen molar-refractivity contribution >= 4 is 38.8 Å². The molecule has 9 nitrogen and oxygen atoms in total. The number of pyridine rings is 1. The largest absolute Gasteiger partial charge is 0.408 e. The molecule has 18 heteroatoms. The number of anilines is 1. The van der Waals surface area contributed by atoms with Gasteiger partial charge in [-0.25, -0.2) is 35.9 Å². The van der Waals surface area contributed by atoms with Crippen molar-refractivity contribution in [2.24, 2.45) is 0 Å². The average molecular weight is 618 g/mol. The van der Waals surface area contributed by atoms with Crippen LogP contribution in [-0.4, -0.2) is 83.4 Å². The Bertz CT molecular complexity index is 1420. The Hall–Kier alpha value is -3.02. The minimum absolute atomic E-state index is 0.336. The summed E-state index contributed by atoms with van der Waals surface area (Å²) in [6, 6.07) is -3.19. The van der Waals surface area contributed by atoms with Crippen molar-refractivity contribution in [2.45, 2.75) is 56.9 Å². The van der Waals surface area contributed by atoms with Crippen LogP contribution in [0.25, 0.3) is 10.4 Å². The number of carbonyl (C=O) groups excluding carboxylic acids is 2. The molecule has 0 aromatic carbocycles. The van der Waals surface area contributed by atoms with Gasteiger partial charge in [-0.15, -0.1) is 11.3 Å². The van der Waals surface area contributed by atoms with E-state index >= 15 is 0 Å². The summed E-state index contributed by atoms with van der Waals surface area (Å²) in [5.41, 5.74) is -1.89. The lowest BCUT2D eigenvalue weighted by Gasteiger charge is -2.25. The van der Waals surface area contributed by atoms with Crippen molar-refractivity contribution in [1.29, 1.82) is 0 Å². The number of likely N-dealkylation sites (tertiary alicyclic amines) is 1. The molecule has 220 valence electrons. The van der Waals surface area contributed by atoms with E-state index in [-0.39, 0.29) is 16.4 Å². The standard InChI is InChI=1S/C22H22F7N5O4S2/c1-9-4-21(25,26)8-34(9)20(36)15-16(39-19(33-15)18(35)32-11-6-40(37,38)7-11)13-5-30-14(3-12(13)17(23)24)31-10(2)22(27,28)29/h3,5,9-11,17H,4,6-8H2,1-2H3,(H,30,31)(H,32,35)/t9-,10?/m0/s1. The van der Waals surface area contributed by atoms with Crippen LogP contribution in [-0.2, 0) is 9.84 Å². The number of nitrogens with zero attached hydrogens (tertiary/aromatic N) is 3. The Balaban J connectivity index is 1.75. The van der Waals surface area contributed by atoms with E-state index in [9.17, 15) is 48.7 Å². The molecule has 2 fully saturated rings. The van der Waals surface area contributed by atoms with E-state index in [4.69, 9.17) is 0 Å². The summed E-state index contributed by atoms with van der Waals surface area (Å²) in [5, 5.41) is 3.93. The maximum absolute atomic E-state index is 14.1. The van der Waals surface area contributed by atoms with Gasteiger partial charge < -0.3 is 15.5 Å². The van der Waals surface area contributed by atoms with Crippen LogP contribution < -0.4 is 10.6 Å². The fourth-order valence-corrected chi connectivity index (χ4v) is 6.57. The molecule has 40 heavy (non-hydrogen) atoms. The van der Waals surface area contributed by atoms with E-state index < -0.39 is 98.9 Å². The fourth-order valence-electron chi connectivity index (χ4n) is 4.28. The summed E-state index contributed by atoms with van der Waals surface area (Å²) < 4.78 is 118. The van der Waals surface area contributed by atoms with E-state index in [0.29, 0.717) is 17.4 Å². The molecule has 4 heterocycles. The van der Waals surface area contributed by atoms with Gasteiger partial charge in [0.2, 0.25) is 0 Å². The van der Waals surface area contributed by atoms with Gasteiger partial charge in [0, 0.05) is 29.8 Å². The van der Waals surface area contributed by atoms with Crippen LogP contribution in [0, 0.1) is 0 Å². The highest BCUT2D eigenvalue weighted by atomic mass is 32.2. The summed E-state index contributed by atoms with van der Waals surface area (Å²) in [6.07, 6.45) is -7.88. The minimum atomic E-state index is -4.71. The van der Waals surface area contributed by atoms with Crippen LogP contribution in [0.1, 0.15) is 52.5 Å². The van der Waals surface area contributed by atoms with Crippen molar-refractivity contribution in [3.63, 3.8) is 0 Å². The van der Waals surface area contributed by atoms with Crippen molar-refractivity contribution in [1.82, 2.24) is 20.2 Å². The van der Waals surface area contributed by atoms with Crippen molar-refractivity contribution < 1.29 is 48.7 Å². The molecule has 1 unspecified atom stereocenters. The van der Waals surface area contributed by atoms with Gasteiger partial charge in [-0.05, 0) is 19.9 Å². The van der Waals surface area contributed by atoms with E-state index in [0.717, 1.165) is 18.0 Å². The molecule has 0 bridgehead atoms. The lowest BCUT2D eigenvalue weighted by atomic mass is 10.1. The van der Waals surface area contributed by atoms with Crippen molar-refractivity contribution in [3.05, 3.63) is 28.5 Å². The molecule has 0 saturated carbocycles. The number of nitrogens with one attached hydrogen (secondary N) is 2. The highest BCUT2D eigenvalue weighted by molar-refractivity contribution is 7.92. The predicted molar refractivity (Wildman–Crippen MR) is 129 cm³/mol. The molecule has 2 aliphatic rings. The van der Waals surface area contributed by atoms with Crippen molar-refractivity contribution in [2.75, 3.05) is 23.4 Å². The zero-order valence-electron chi connectivity index (χ0n) is 20.7. The number of carbonyl (C=O) groups is 2. The van der Waals surface area contributed by atoms with Gasteiger partial charge in [0.25, 0.3) is 24.2 Å². The maximum Gasteiger partial charge on any atom is 0.408 e. The zero-order chi connectivity index (χ0) is 29.8. The first kappa shape index (κ1) is 30.0. The van der Waals surface area contributed by atoms with Crippen LogP contribution >= 0.6 is 11.3 Å². The molecule has 0 radical (unpaired) electrons. The number of rotatable bonds is 7. The molecular weight excluding hydrogens is 595 g/mol. The average Bonchev–Trinajstić information content (AvgIpc) is 3.36. The molecule has 2 saturated heterocycles. The number of hydrogen-bond donors (Lipinski definition) is 2. The third-order valence-electron chi connectivity index (χ3n) is 6.33. The second kappa shape index (κ2) is 10.4. The fraction of sp³-hybridized carbons (Fsp3) is 0.545. The van der Waals surface area contributed by atoms with E-state index in [2.05, 4.69) is 15.3 Å². The smallest absolute Gasteiger partial charge is 0.359 e. The monoisotopic (exact) mass is 617 g/mol. The molecule has 0 aliphatic carbocycles. The summed E-state index contributed by atoms with van der Waals surface area (Å²) in [5.74, 6) is -6.44. The highest BCUT2D eigenvalue weighted by Gasteiger charge is 2.46. The summed E-state index contributed by atoms with van der Waals surface area (Å²) >= 11 is 0.460. The number of hydrogen-bond acceptors (Lipinski definition) is 8. The van der Waals surface area contributed by atoms with E-state index in [1.54, 1.807) is 0 Å². The Morgan fingerprint density at radius 3 is 2.40 bits per heavy atom. The van der Waals surface area contributed by atoms with Gasteiger partial charge in [-0.3, -0.25) is 9.59 Å². The molecule has 2 atom stereocenters. The topological polar surface area (TPSA) is 121 Å². The molecule has 0 spiro atoms. The lowest BCUT2D eigenvalue weighted by molar-refractivity contribution is -0.138. The number of amides is 2. The molecule has 2 aromatic heterocycles. The van der Waals surface area contributed by atoms with Gasteiger partial charge in [0.15, 0.2) is 14.8 Å².